The zero-order chi connectivity index (χ0) is 33.3. The Morgan fingerprint density at radius 2 is 1.59 bits per heavy atom. The van der Waals surface area contributed by atoms with Crippen molar-refractivity contribution in [2.45, 2.75) is 69.5 Å². The highest BCUT2D eigenvalue weighted by atomic mass is 35.5. The van der Waals surface area contributed by atoms with E-state index in [0.717, 1.165) is 35.6 Å². The third-order valence-corrected chi connectivity index (χ3v) is 10.0. The van der Waals surface area contributed by atoms with Gasteiger partial charge in [-0.2, -0.15) is 0 Å². The molecule has 1 aliphatic carbocycles. The molecule has 0 spiro atoms. The molecule has 2 amide bonds. The van der Waals surface area contributed by atoms with Gasteiger partial charge in [-0.25, -0.2) is 8.42 Å². The number of hydrogen-bond donors (Lipinski definition) is 1. The molecule has 4 rings (SSSR count). The molecule has 3 aromatic rings. The van der Waals surface area contributed by atoms with Crippen LogP contribution in [0.3, 0.4) is 0 Å². The van der Waals surface area contributed by atoms with Crippen LogP contribution >= 0.6 is 11.6 Å². The number of carbonyl (C=O) groups excluding carboxylic acids is 2. The average Bonchev–Trinajstić information content (AvgIpc) is 3.57. The maximum absolute atomic E-state index is 14.4. The number of ether oxygens (including phenoxy) is 3. The van der Waals surface area contributed by atoms with Crippen LogP contribution in [0.1, 0.15) is 51.5 Å². The Morgan fingerprint density at radius 1 is 0.935 bits per heavy atom. The molecule has 1 fully saturated rings. The van der Waals surface area contributed by atoms with Crippen LogP contribution in [0.2, 0.25) is 5.02 Å². The first-order valence-electron chi connectivity index (χ1n) is 15.4. The molecule has 0 unspecified atom stereocenters. The SMILES string of the molecule is CCOc1ccc(N(CC(=O)N(Cc2ccc(Cl)cc2)[C@@H](CC)C(=O)NC2CCCC2)S(=O)(=O)c2ccc(OC)c(OC)c2)cc1. The van der Waals surface area contributed by atoms with Crippen LogP contribution in [-0.2, 0) is 26.2 Å². The predicted molar refractivity (Wildman–Crippen MR) is 178 cm³/mol. The summed E-state index contributed by atoms with van der Waals surface area (Å²) < 4.78 is 45.9. The molecule has 1 N–H and O–H groups in total. The van der Waals surface area contributed by atoms with E-state index in [1.807, 2.05) is 13.8 Å². The summed E-state index contributed by atoms with van der Waals surface area (Å²) in [5.74, 6) is 0.340. The van der Waals surface area contributed by atoms with Gasteiger partial charge in [-0.3, -0.25) is 13.9 Å². The van der Waals surface area contributed by atoms with E-state index in [2.05, 4.69) is 5.32 Å². The summed E-state index contributed by atoms with van der Waals surface area (Å²) in [6, 6.07) is 17.0. The highest BCUT2D eigenvalue weighted by Crippen LogP contribution is 2.33. The Balaban J connectivity index is 1.74. The third-order valence-electron chi connectivity index (χ3n) is 8.01. The number of benzene rings is 3. The number of amides is 2. The fourth-order valence-corrected chi connectivity index (χ4v) is 7.14. The van der Waals surface area contributed by atoms with E-state index in [-0.39, 0.29) is 34.8 Å². The van der Waals surface area contributed by atoms with E-state index in [0.29, 0.717) is 29.5 Å². The minimum atomic E-state index is -4.32. The van der Waals surface area contributed by atoms with Crippen LogP contribution in [0.4, 0.5) is 5.69 Å². The van der Waals surface area contributed by atoms with Crippen molar-refractivity contribution in [2.75, 3.05) is 31.7 Å². The number of carbonyl (C=O) groups is 2. The topological polar surface area (TPSA) is 114 Å². The standard InChI is InChI=1S/C34H42ClN3O7S/c1-5-30(34(40)36-26-9-7-8-10-26)37(22-24-11-13-25(35)14-12-24)33(39)23-38(27-15-17-28(18-16-27)45-6-2)46(41,42)29-19-20-31(43-3)32(21-29)44-4/h11-21,26,30H,5-10,22-23H2,1-4H3,(H,36,40)/t30-/m0/s1. The summed E-state index contributed by atoms with van der Waals surface area (Å²) in [4.78, 5) is 29.3. The molecule has 0 radical (unpaired) electrons. The van der Waals surface area contributed by atoms with Crippen LogP contribution in [0, 0.1) is 0 Å². The van der Waals surface area contributed by atoms with E-state index in [1.165, 1.54) is 37.3 Å². The lowest BCUT2D eigenvalue weighted by molar-refractivity contribution is -0.140. The van der Waals surface area contributed by atoms with Crippen molar-refractivity contribution in [2.24, 2.45) is 0 Å². The summed E-state index contributed by atoms with van der Waals surface area (Å²) >= 11 is 6.12. The molecule has 1 aliphatic rings. The largest absolute Gasteiger partial charge is 0.494 e. The Hall–Kier alpha value is -3.96. The zero-order valence-electron chi connectivity index (χ0n) is 26.7. The molecule has 0 saturated heterocycles. The summed E-state index contributed by atoms with van der Waals surface area (Å²) in [5, 5.41) is 3.65. The highest BCUT2D eigenvalue weighted by molar-refractivity contribution is 7.92. The zero-order valence-corrected chi connectivity index (χ0v) is 28.3. The Bertz CT molecular complexity index is 1580. The second-order valence-electron chi connectivity index (χ2n) is 11.0. The second kappa shape index (κ2) is 16.0. The van der Waals surface area contributed by atoms with Crippen LogP contribution < -0.4 is 23.8 Å². The first-order chi connectivity index (χ1) is 22.1. The van der Waals surface area contributed by atoms with Gasteiger partial charge in [0.05, 0.1) is 31.4 Å². The second-order valence-corrected chi connectivity index (χ2v) is 13.3. The predicted octanol–water partition coefficient (Wildman–Crippen LogP) is 5.82. The van der Waals surface area contributed by atoms with Crippen LogP contribution in [-0.4, -0.2) is 64.6 Å². The molecule has 248 valence electrons. The number of methoxy groups -OCH3 is 2. The van der Waals surface area contributed by atoms with Crippen molar-refractivity contribution in [3.63, 3.8) is 0 Å². The number of nitrogens with zero attached hydrogens (tertiary/aromatic N) is 2. The van der Waals surface area contributed by atoms with E-state index in [4.69, 9.17) is 25.8 Å². The molecule has 3 aromatic carbocycles. The number of sulfonamides is 1. The van der Waals surface area contributed by atoms with E-state index < -0.39 is 28.5 Å². The van der Waals surface area contributed by atoms with E-state index in [1.54, 1.807) is 48.5 Å². The summed E-state index contributed by atoms with van der Waals surface area (Å²) in [6.45, 7) is 3.65. The minimum Gasteiger partial charge on any atom is -0.494 e. The molecule has 10 nitrogen and oxygen atoms in total. The molecule has 12 heteroatoms. The minimum absolute atomic E-state index is 0.0554. The number of hydrogen-bond acceptors (Lipinski definition) is 7. The molecule has 0 aromatic heterocycles. The lowest BCUT2D eigenvalue weighted by Gasteiger charge is -2.34. The van der Waals surface area contributed by atoms with Crippen molar-refractivity contribution in [1.29, 1.82) is 0 Å². The van der Waals surface area contributed by atoms with E-state index >= 15 is 0 Å². The van der Waals surface area contributed by atoms with Gasteiger partial charge in [-0.05, 0) is 80.3 Å². The molecule has 46 heavy (non-hydrogen) atoms. The Morgan fingerprint density at radius 3 is 2.17 bits per heavy atom. The van der Waals surface area contributed by atoms with Crippen LogP contribution in [0.25, 0.3) is 0 Å². The summed E-state index contributed by atoms with van der Waals surface area (Å²) in [5.41, 5.74) is 1.00. The fraction of sp³-hybridized carbons (Fsp3) is 0.412. The van der Waals surface area contributed by atoms with Gasteiger partial charge < -0.3 is 24.4 Å². The van der Waals surface area contributed by atoms with Crippen LogP contribution in [0.5, 0.6) is 17.2 Å². The van der Waals surface area contributed by atoms with Gasteiger partial charge in [0.2, 0.25) is 11.8 Å². The quantitative estimate of drug-likeness (QED) is 0.217. The van der Waals surface area contributed by atoms with Crippen molar-refractivity contribution in [1.82, 2.24) is 10.2 Å². The number of nitrogens with one attached hydrogen (secondary N) is 1. The molecule has 1 atom stereocenters. The van der Waals surface area contributed by atoms with Gasteiger partial charge in [0.1, 0.15) is 18.3 Å². The highest BCUT2D eigenvalue weighted by Gasteiger charge is 2.35. The van der Waals surface area contributed by atoms with Gasteiger partial charge in [-0.15, -0.1) is 0 Å². The van der Waals surface area contributed by atoms with Gasteiger partial charge in [0, 0.05) is 23.7 Å². The van der Waals surface area contributed by atoms with E-state index in [9.17, 15) is 18.0 Å². The van der Waals surface area contributed by atoms with Gasteiger partial charge >= 0.3 is 0 Å². The molecule has 1 saturated carbocycles. The molecular weight excluding hydrogens is 630 g/mol. The van der Waals surface area contributed by atoms with Crippen molar-refractivity contribution in [3.8, 4) is 17.2 Å². The number of halogens is 1. The van der Waals surface area contributed by atoms with Gasteiger partial charge in [0.15, 0.2) is 11.5 Å². The summed E-state index contributed by atoms with van der Waals surface area (Å²) in [7, 11) is -1.45. The molecule has 0 bridgehead atoms. The fourth-order valence-electron chi connectivity index (χ4n) is 5.58. The van der Waals surface area contributed by atoms with Crippen molar-refractivity contribution in [3.05, 3.63) is 77.3 Å². The van der Waals surface area contributed by atoms with Gasteiger partial charge in [0.25, 0.3) is 10.0 Å². The Labute approximate surface area is 276 Å². The smallest absolute Gasteiger partial charge is 0.264 e. The van der Waals surface area contributed by atoms with Crippen molar-refractivity contribution >= 4 is 39.1 Å². The Kier molecular flexibility index (Phi) is 12.2. The van der Waals surface area contributed by atoms with Gasteiger partial charge in [-0.1, -0.05) is 43.5 Å². The third kappa shape index (κ3) is 8.44. The van der Waals surface area contributed by atoms with Crippen molar-refractivity contribution < 1.29 is 32.2 Å². The molecule has 0 heterocycles. The first kappa shape index (κ1) is 34.9. The first-order valence-corrected chi connectivity index (χ1v) is 17.2. The average molecular weight is 672 g/mol. The lowest BCUT2D eigenvalue weighted by Crippen LogP contribution is -2.53. The number of rotatable bonds is 15. The lowest BCUT2D eigenvalue weighted by atomic mass is 10.1. The number of anilines is 1. The molecular formula is C34H42ClN3O7S. The maximum atomic E-state index is 14.4. The summed E-state index contributed by atoms with van der Waals surface area (Å²) in [6.07, 6.45) is 4.20. The van der Waals surface area contributed by atoms with Crippen LogP contribution in [0.15, 0.2) is 71.6 Å². The molecule has 0 aliphatic heterocycles. The maximum Gasteiger partial charge on any atom is 0.264 e. The normalized spacial score (nSPS) is 13.9. The monoisotopic (exact) mass is 671 g/mol.